The SMILES string of the molecule is C=C(CCl)c1cc(NC(=O)OC(C)(C)C)c(OC)c(OC)c1. The van der Waals surface area contributed by atoms with Gasteiger partial charge in [-0.05, 0) is 44.0 Å². The molecule has 6 heteroatoms. The molecule has 1 amide bonds. The Morgan fingerprint density at radius 3 is 2.36 bits per heavy atom. The first-order chi connectivity index (χ1) is 10.2. The second kappa shape index (κ2) is 7.40. The van der Waals surface area contributed by atoms with Crippen molar-refractivity contribution in [3.63, 3.8) is 0 Å². The first kappa shape index (κ1) is 18.2. The van der Waals surface area contributed by atoms with Crippen molar-refractivity contribution in [3.05, 3.63) is 24.3 Å². The van der Waals surface area contributed by atoms with Gasteiger partial charge < -0.3 is 14.2 Å². The molecule has 0 atom stereocenters. The molecule has 22 heavy (non-hydrogen) atoms. The quantitative estimate of drug-likeness (QED) is 0.819. The molecule has 1 rings (SSSR count). The zero-order chi connectivity index (χ0) is 16.9. The summed E-state index contributed by atoms with van der Waals surface area (Å²) < 4.78 is 15.8. The van der Waals surface area contributed by atoms with Crippen LogP contribution in [0.3, 0.4) is 0 Å². The number of amides is 1. The number of alkyl halides is 1. The minimum atomic E-state index is -0.598. The Balaban J connectivity index is 3.20. The number of rotatable bonds is 5. The second-order valence-corrected chi connectivity index (χ2v) is 5.89. The van der Waals surface area contributed by atoms with Gasteiger partial charge in [0, 0.05) is 5.88 Å². The minimum Gasteiger partial charge on any atom is -0.493 e. The molecule has 122 valence electrons. The Kier molecular flexibility index (Phi) is 6.11. The lowest BCUT2D eigenvalue weighted by atomic mass is 10.1. The maximum atomic E-state index is 12.0. The molecule has 0 bridgehead atoms. The summed E-state index contributed by atoms with van der Waals surface area (Å²) in [5.74, 6) is 1.14. The number of halogens is 1. The van der Waals surface area contributed by atoms with Gasteiger partial charge in [0.15, 0.2) is 11.5 Å². The summed E-state index contributed by atoms with van der Waals surface area (Å²) in [6.45, 7) is 9.25. The molecule has 0 heterocycles. The number of carbonyl (C=O) groups is 1. The molecule has 0 fully saturated rings. The summed E-state index contributed by atoms with van der Waals surface area (Å²) in [5.41, 5.74) is 1.28. The van der Waals surface area contributed by atoms with E-state index >= 15 is 0 Å². The van der Waals surface area contributed by atoms with Crippen molar-refractivity contribution in [1.82, 2.24) is 0 Å². The van der Waals surface area contributed by atoms with Crippen LogP contribution in [-0.2, 0) is 4.74 Å². The Morgan fingerprint density at radius 2 is 1.91 bits per heavy atom. The lowest BCUT2D eigenvalue weighted by Crippen LogP contribution is -2.27. The van der Waals surface area contributed by atoms with E-state index in [4.69, 9.17) is 25.8 Å². The molecule has 0 spiro atoms. The van der Waals surface area contributed by atoms with Gasteiger partial charge in [-0.3, -0.25) is 5.32 Å². The number of benzene rings is 1. The molecule has 0 radical (unpaired) electrons. The molecule has 0 saturated carbocycles. The van der Waals surface area contributed by atoms with Crippen molar-refractivity contribution in [1.29, 1.82) is 0 Å². The molecule has 1 aromatic carbocycles. The Hall–Kier alpha value is -1.88. The van der Waals surface area contributed by atoms with Gasteiger partial charge in [-0.2, -0.15) is 0 Å². The van der Waals surface area contributed by atoms with Crippen LogP contribution in [0.5, 0.6) is 11.5 Å². The molecule has 0 aliphatic carbocycles. The van der Waals surface area contributed by atoms with Crippen molar-refractivity contribution in [2.75, 3.05) is 25.4 Å². The zero-order valence-corrected chi connectivity index (χ0v) is 14.3. The van der Waals surface area contributed by atoms with E-state index in [0.717, 1.165) is 5.56 Å². The number of hydrogen-bond acceptors (Lipinski definition) is 4. The van der Waals surface area contributed by atoms with Gasteiger partial charge in [0.25, 0.3) is 0 Å². The third-order valence-electron chi connectivity index (χ3n) is 2.68. The minimum absolute atomic E-state index is 0.265. The van der Waals surface area contributed by atoms with E-state index in [9.17, 15) is 4.79 Å². The first-order valence-electron chi connectivity index (χ1n) is 6.72. The van der Waals surface area contributed by atoms with Gasteiger partial charge in [-0.1, -0.05) is 6.58 Å². The average Bonchev–Trinajstić information content (AvgIpc) is 2.43. The molecule has 1 N–H and O–H groups in total. The van der Waals surface area contributed by atoms with Crippen LogP contribution in [0.25, 0.3) is 5.57 Å². The van der Waals surface area contributed by atoms with E-state index in [0.29, 0.717) is 22.8 Å². The number of hydrogen-bond donors (Lipinski definition) is 1. The number of ether oxygens (including phenoxy) is 3. The van der Waals surface area contributed by atoms with Crippen molar-refractivity contribution >= 4 is 29.0 Å². The normalized spacial score (nSPS) is 10.8. The monoisotopic (exact) mass is 327 g/mol. The first-order valence-corrected chi connectivity index (χ1v) is 7.25. The van der Waals surface area contributed by atoms with Crippen LogP contribution in [0.15, 0.2) is 18.7 Å². The molecule has 0 aromatic heterocycles. The maximum Gasteiger partial charge on any atom is 0.412 e. The highest BCUT2D eigenvalue weighted by atomic mass is 35.5. The Morgan fingerprint density at radius 1 is 1.27 bits per heavy atom. The number of allylic oxidation sites excluding steroid dienone is 1. The number of methoxy groups -OCH3 is 2. The van der Waals surface area contributed by atoms with E-state index < -0.39 is 11.7 Å². The number of carbonyl (C=O) groups excluding carboxylic acids is 1. The molecule has 0 aliphatic rings. The average molecular weight is 328 g/mol. The summed E-state index contributed by atoms with van der Waals surface area (Å²) in [5, 5.41) is 2.66. The van der Waals surface area contributed by atoms with Gasteiger partial charge >= 0.3 is 6.09 Å². The Bertz CT molecular complexity index is 564. The van der Waals surface area contributed by atoms with E-state index in [-0.39, 0.29) is 5.88 Å². The third kappa shape index (κ3) is 4.84. The van der Waals surface area contributed by atoms with Crippen LogP contribution >= 0.6 is 11.6 Å². The Labute approximate surface area is 136 Å². The van der Waals surface area contributed by atoms with Gasteiger partial charge in [0.1, 0.15) is 5.60 Å². The van der Waals surface area contributed by atoms with Crippen LogP contribution in [0.2, 0.25) is 0 Å². The fourth-order valence-electron chi connectivity index (χ4n) is 1.75. The predicted octanol–water partition coefficient (Wildman–Crippen LogP) is 4.30. The van der Waals surface area contributed by atoms with Crippen LogP contribution in [0.1, 0.15) is 26.3 Å². The summed E-state index contributed by atoms with van der Waals surface area (Å²) >= 11 is 5.82. The summed E-state index contributed by atoms with van der Waals surface area (Å²) in [4.78, 5) is 12.0. The summed E-state index contributed by atoms with van der Waals surface area (Å²) in [7, 11) is 3.01. The lowest BCUT2D eigenvalue weighted by Gasteiger charge is -2.21. The fraction of sp³-hybridized carbons (Fsp3) is 0.438. The molecule has 0 aliphatic heterocycles. The van der Waals surface area contributed by atoms with Crippen molar-refractivity contribution in [3.8, 4) is 11.5 Å². The maximum absolute atomic E-state index is 12.0. The molecule has 5 nitrogen and oxygen atoms in total. The molecular weight excluding hydrogens is 306 g/mol. The van der Waals surface area contributed by atoms with E-state index in [1.807, 2.05) is 0 Å². The van der Waals surface area contributed by atoms with Crippen LogP contribution < -0.4 is 14.8 Å². The molecular formula is C16H22ClNO4. The summed E-state index contributed by atoms with van der Waals surface area (Å²) in [6, 6.07) is 3.47. The molecule has 1 aromatic rings. The second-order valence-electron chi connectivity index (χ2n) is 5.62. The molecule has 0 saturated heterocycles. The lowest BCUT2D eigenvalue weighted by molar-refractivity contribution is 0.0635. The van der Waals surface area contributed by atoms with Crippen LogP contribution in [0, 0.1) is 0 Å². The summed E-state index contributed by atoms with van der Waals surface area (Å²) in [6.07, 6.45) is -0.582. The fourth-order valence-corrected chi connectivity index (χ4v) is 1.91. The smallest absolute Gasteiger partial charge is 0.412 e. The highest BCUT2D eigenvalue weighted by molar-refractivity contribution is 6.23. The topological polar surface area (TPSA) is 56.8 Å². The van der Waals surface area contributed by atoms with Crippen molar-refractivity contribution < 1.29 is 19.0 Å². The third-order valence-corrected chi connectivity index (χ3v) is 3.01. The van der Waals surface area contributed by atoms with Gasteiger partial charge in [0.05, 0.1) is 19.9 Å². The van der Waals surface area contributed by atoms with Gasteiger partial charge in [0.2, 0.25) is 0 Å². The van der Waals surface area contributed by atoms with Gasteiger partial charge in [-0.25, -0.2) is 4.79 Å². The number of anilines is 1. The highest BCUT2D eigenvalue weighted by Crippen LogP contribution is 2.38. The highest BCUT2D eigenvalue weighted by Gasteiger charge is 2.20. The predicted molar refractivity (Wildman–Crippen MR) is 89.2 cm³/mol. The van der Waals surface area contributed by atoms with E-state index in [2.05, 4.69) is 11.9 Å². The van der Waals surface area contributed by atoms with Crippen LogP contribution in [0.4, 0.5) is 10.5 Å². The zero-order valence-electron chi connectivity index (χ0n) is 13.6. The van der Waals surface area contributed by atoms with Crippen LogP contribution in [-0.4, -0.2) is 31.8 Å². The standard InChI is InChI=1S/C16H22ClNO4/c1-10(9-17)11-7-12(14(21-6)13(8-11)20-5)18-15(19)22-16(2,3)4/h7-8H,1,9H2,2-6H3,(H,18,19). The van der Waals surface area contributed by atoms with Gasteiger partial charge in [-0.15, -0.1) is 11.6 Å². The largest absolute Gasteiger partial charge is 0.493 e. The molecule has 0 unspecified atom stereocenters. The van der Waals surface area contributed by atoms with E-state index in [1.54, 1.807) is 32.9 Å². The van der Waals surface area contributed by atoms with Crippen molar-refractivity contribution in [2.24, 2.45) is 0 Å². The van der Waals surface area contributed by atoms with E-state index in [1.165, 1.54) is 14.2 Å². The number of nitrogens with one attached hydrogen (secondary N) is 1. The van der Waals surface area contributed by atoms with Crippen molar-refractivity contribution in [2.45, 2.75) is 26.4 Å².